The summed E-state index contributed by atoms with van der Waals surface area (Å²) in [6.45, 7) is 6.74. The Balaban J connectivity index is 1.99. The largest absolute Gasteiger partial charge is 0.397 e. The highest BCUT2D eigenvalue weighted by Gasteiger charge is 2.37. The van der Waals surface area contributed by atoms with E-state index in [4.69, 9.17) is 5.73 Å². The van der Waals surface area contributed by atoms with Crippen LogP contribution in [0, 0.1) is 5.41 Å². The van der Waals surface area contributed by atoms with Crippen molar-refractivity contribution in [3.63, 3.8) is 0 Å². The van der Waals surface area contributed by atoms with E-state index in [1.807, 2.05) is 0 Å². The van der Waals surface area contributed by atoms with Crippen LogP contribution in [0.5, 0.6) is 0 Å². The van der Waals surface area contributed by atoms with Crippen LogP contribution >= 0.6 is 11.3 Å². The fourth-order valence-electron chi connectivity index (χ4n) is 3.01. The number of anilines is 2. The maximum absolute atomic E-state index is 12.0. The van der Waals surface area contributed by atoms with Crippen LogP contribution in [0.1, 0.15) is 54.3 Å². The van der Waals surface area contributed by atoms with E-state index in [2.05, 4.69) is 24.1 Å². The summed E-state index contributed by atoms with van der Waals surface area (Å²) in [6.07, 6.45) is 3.61. The van der Waals surface area contributed by atoms with Gasteiger partial charge in [-0.1, -0.05) is 13.8 Å². The molecule has 2 aliphatic rings. The van der Waals surface area contributed by atoms with E-state index in [9.17, 15) is 4.79 Å². The van der Waals surface area contributed by atoms with Crippen LogP contribution < -0.4 is 16.0 Å². The Kier molecular flexibility index (Phi) is 3.20. The van der Waals surface area contributed by atoms with Crippen molar-refractivity contribution in [1.29, 1.82) is 0 Å². The second kappa shape index (κ2) is 4.65. The van der Waals surface area contributed by atoms with E-state index < -0.39 is 0 Å². The Bertz CT molecular complexity index is 546. The molecule has 0 atom stereocenters. The molecule has 1 aromatic heterocycles. The van der Waals surface area contributed by atoms with Crippen molar-refractivity contribution >= 4 is 27.9 Å². The fourth-order valence-corrected chi connectivity index (χ4v) is 4.29. The Morgan fingerprint density at radius 2 is 2.15 bits per heavy atom. The van der Waals surface area contributed by atoms with Crippen LogP contribution in [-0.2, 0) is 0 Å². The van der Waals surface area contributed by atoms with Crippen LogP contribution in [0.3, 0.4) is 0 Å². The molecule has 110 valence electrons. The second-order valence-corrected chi connectivity index (χ2v) is 7.75. The third-order valence-corrected chi connectivity index (χ3v) is 5.63. The number of nitrogens with one attached hydrogen (secondary N) is 1. The maximum atomic E-state index is 12.0. The predicted molar refractivity (Wildman–Crippen MR) is 84.7 cm³/mol. The summed E-state index contributed by atoms with van der Waals surface area (Å²) >= 11 is 1.57. The number of nitrogens with two attached hydrogens (primary N) is 1. The van der Waals surface area contributed by atoms with Crippen molar-refractivity contribution in [3.8, 4) is 0 Å². The molecule has 3 rings (SSSR count). The lowest BCUT2D eigenvalue weighted by Gasteiger charge is -2.21. The molecular weight excluding hydrogens is 270 g/mol. The SMILES string of the molecule is CNC(=O)c1sc(N2CCC(C)(C)C2)c(C2CC2)c1N. The van der Waals surface area contributed by atoms with E-state index in [-0.39, 0.29) is 5.91 Å². The molecule has 1 aromatic rings. The molecule has 3 N–H and O–H groups in total. The molecule has 0 spiro atoms. The van der Waals surface area contributed by atoms with Gasteiger partial charge in [-0.2, -0.15) is 0 Å². The molecule has 0 unspecified atom stereocenters. The fraction of sp³-hybridized carbons (Fsp3) is 0.667. The predicted octanol–water partition coefficient (Wildman–Crippen LogP) is 2.80. The van der Waals surface area contributed by atoms with Crippen LogP contribution in [0.4, 0.5) is 10.7 Å². The maximum Gasteiger partial charge on any atom is 0.263 e. The number of nitrogen functional groups attached to an aromatic ring is 1. The van der Waals surface area contributed by atoms with Crippen LogP contribution in [0.2, 0.25) is 0 Å². The molecule has 5 heteroatoms. The minimum absolute atomic E-state index is 0.0564. The van der Waals surface area contributed by atoms with Crippen molar-refractivity contribution < 1.29 is 4.79 Å². The van der Waals surface area contributed by atoms with Gasteiger partial charge in [-0.15, -0.1) is 11.3 Å². The van der Waals surface area contributed by atoms with Gasteiger partial charge in [0.25, 0.3) is 5.91 Å². The summed E-state index contributed by atoms with van der Waals surface area (Å²) in [4.78, 5) is 15.1. The van der Waals surface area contributed by atoms with Crippen molar-refractivity contribution in [2.45, 2.75) is 39.0 Å². The monoisotopic (exact) mass is 293 g/mol. The topological polar surface area (TPSA) is 58.4 Å². The normalized spacial score (nSPS) is 21.2. The summed E-state index contributed by atoms with van der Waals surface area (Å²) in [5.41, 5.74) is 8.59. The molecule has 0 aromatic carbocycles. The zero-order chi connectivity index (χ0) is 14.5. The number of rotatable bonds is 3. The van der Waals surface area contributed by atoms with Crippen molar-refractivity contribution in [2.75, 3.05) is 30.8 Å². The van der Waals surface area contributed by atoms with E-state index in [0.717, 1.165) is 18.8 Å². The number of nitrogens with zero attached hydrogens (tertiary/aromatic N) is 1. The highest BCUT2D eigenvalue weighted by Crippen LogP contribution is 2.53. The molecule has 1 saturated heterocycles. The average molecular weight is 293 g/mol. The zero-order valence-corrected chi connectivity index (χ0v) is 13.3. The van der Waals surface area contributed by atoms with E-state index >= 15 is 0 Å². The summed E-state index contributed by atoms with van der Waals surface area (Å²) < 4.78 is 0. The average Bonchev–Trinajstić information content (AvgIpc) is 3.08. The highest BCUT2D eigenvalue weighted by atomic mass is 32.1. The Morgan fingerprint density at radius 1 is 1.45 bits per heavy atom. The molecule has 0 radical (unpaired) electrons. The quantitative estimate of drug-likeness (QED) is 0.901. The molecule has 1 amide bonds. The molecule has 0 bridgehead atoms. The molecule has 20 heavy (non-hydrogen) atoms. The molecule has 2 fully saturated rings. The number of hydrogen-bond acceptors (Lipinski definition) is 4. The standard InChI is InChI=1S/C15H23N3OS/c1-15(2)6-7-18(8-15)14-10(9-4-5-9)11(16)12(20-14)13(19)17-3/h9H,4-8,16H2,1-3H3,(H,17,19). The Labute approximate surface area is 124 Å². The first-order chi connectivity index (χ1) is 9.43. The van der Waals surface area contributed by atoms with Gasteiger partial charge in [0.05, 0.1) is 10.7 Å². The number of hydrogen-bond donors (Lipinski definition) is 2. The number of carbonyl (C=O) groups excluding carboxylic acids is 1. The number of carbonyl (C=O) groups is 1. The summed E-state index contributed by atoms with van der Waals surface area (Å²) in [5, 5.41) is 3.95. The Hall–Kier alpha value is -1.23. The highest BCUT2D eigenvalue weighted by molar-refractivity contribution is 7.18. The minimum Gasteiger partial charge on any atom is -0.397 e. The molecule has 1 saturated carbocycles. The summed E-state index contributed by atoms with van der Waals surface area (Å²) in [7, 11) is 1.66. The lowest BCUT2D eigenvalue weighted by Crippen LogP contribution is -2.22. The third-order valence-electron chi connectivity index (χ3n) is 4.35. The summed E-state index contributed by atoms with van der Waals surface area (Å²) in [6, 6.07) is 0. The zero-order valence-electron chi connectivity index (χ0n) is 12.5. The van der Waals surface area contributed by atoms with Gasteiger partial charge in [0.2, 0.25) is 0 Å². The molecule has 4 nitrogen and oxygen atoms in total. The second-order valence-electron chi connectivity index (χ2n) is 6.75. The van der Waals surface area contributed by atoms with Gasteiger partial charge in [-0.05, 0) is 30.6 Å². The van der Waals surface area contributed by atoms with Crippen molar-refractivity contribution in [2.24, 2.45) is 5.41 Å². The lowest BCUT2D eigenvalue weighted by atomic mass is 9.93. The van der Waals surface area contributed by atoms with E-state index in [1.165, 1.54) is 29.8 Å². The van der Waals surface area contributed by atoms with E-state index in [1.54, 1.807) is 18.4 Å². The van der Waals surface area contributed by atoms with Gasteiger partial charge in [-0.3, -0.25) is 4.79 Å². The molecular formula is C15H23N3OS. The lowest BCUT2D eigenvalue weighted by molar-refractivity contribution is 0.0968. The first-order valence-corrected chi connectivity index (χ1v) is 8.14. The molecule has 1 aliphatic carbocycles. The van der Waals surface area contributed by atoms with Gasteiger partial charge >= 0.3 is 0 Å². The van der Waals surface area contributed by atoms with Gasteiger partial charge in [-0.25, -0.2) is 0 Å². The van der Waals surface area contributed by atoms with Crippen molar-refractivity contribution in [3.05, 3.63) is 10.4 Å². The van der Waals surface area contributed by atoms with E-state index in [0.29, 0.717) is 16.2 Å². The van der Waals surface area contributed by atoms with Gasteiger partial charge in [0.15, 0.2) is 0 Å². The number of amides is 1. The third kappa shape index (κ3) is 2.28. The van der Waals surface area contributed by atoms with Gasteiger partial charge < -0.3 is 16.0 Å². The van der Waals surface area contributed by atoms with Crippen LogP contribution in [0.15, 0.2) is 0 Å². The minimum atomic E-state index is -0.0564. The van der Waals surface area contributed by atoms with Crippen molar-refractivity contribution in [1.82, 2.24) is 5.32 Å². The van der Waals surface area contributed by atoms with Crippen LogP contribution in [0.25, 0.3) is 0 Å². The first-order valence-electron chi connectivity index (χ1n) is 7.32. The number of thiophene rings is 1. The summed E-state index contributed by atoms with van der Waals surface area (Å²) in [5.74, 6) is 0.516. The van der Waals surface area contributed by atoms with Crippen LogP contribution in [-0.4, -0.2) is 26.0 Å². The van der Waals surface area contributed by atoms with Gasteiger partial charge in [0.1, 0.15) is 4.88 Å². The Morgan fingerprint density at radius 3 is 2.65 bits per heavy atom. The molecule has 1 aliphatic heterocycles. The molecule has 2 heterocycles. The smallest absolute Gasteiger partial charge is 0.263 e. The van der Waals surface area contributed by atoms with Gasteiger partial charge in [0, 0.05) is 25.7 Å². The first kappa shape index (κ1) is 13.7.